The molecule has 0 aliphatic heterocycles. The van der Waals surface area contributed by atoms with Gasteiger partial charge in [0, 0.05) is 6.20 Å². The van der Waals surface area contributed by atoms with E-state index in [4.69, 9.17) is 5.11 Å². The Morgan fingerprint density at radius 3 is 2.81 bits per heavy atom. The number of aromatic nitrogens is 3. The summed E-state index contributed by atoms with van der Waals surface area (Å²) in [4.78, 5) is 25.0. The molecule has 6 heteroatoms. The van der Waals surface area contributed by atoms with Crippen molar-refractivity contribution >= 4 is 12.3 Å². The summed E-state index contributed by atoms with van der Waals surface area (Å²) in [7, 11) is 0. The molecule has 0 aromatic carbocycles. The van der Waals surface area contributed by atoms with Gasteiger partial charge >= 0.3 is 5.97 Å². The average molecular weight is 217 g/mol. The van der Waals surface area contributed by atoms with Crippen LogP contribution in [0.3, 0.4) is 0 Å². The van der Waals surface area contributed by atoms with Gasteiger partial charge in [0.2, 0.25) is 0 Å². The number of nitrogens with zero attached hydrogens (tertiary/aromatic N) is 3. The maximum absolute atomic E-state index is 10.7. The van der Waals surface area contributed by atoms with E-state index in [1.54, 1.807) is 12.1 Å². The molecule has 0 bridgehead atoms. The van der Waals surface area contributed by atoms with Crippen LogP contribution >= 0.6 is 0 Å². The molecule has 0 radical (unpaired) electrons. The van der Waals surface area contributed by atoms with Crippen LogP contribution in [0, 0.1) is 0 Å². The van der Waals surface area contributed by atoms with Gasteiger partial charge in [0.25, 0.3) is 0 Å². The van der Waals surface area contributed by atoms with Gasteiger partial charge in [-0.15, -0.1) is 0 Å². The number of pyridine rings is 1. The summed E-state index contributed by atoms with van der Waals surface area (Å²) in [6.07, 6.45) is 2.15. The lowest BCUT2D eigenvalue weighted by molar-refractivity contribution is 0.0690. The second kappa shape index (κ2) is 3.93. The third-order valence-corrected chi connectivity index (χ3v) is 1.92. The zero-order valence-electron chi connectivity index (χ0n) is 8.07. The predicted molar refractivity (Wildman–Crippen MR) is 53.7 cm³/mol. The third-order valence-electron chi connectivity index (χ3n) is 1.92. The molecule has 6 nitrogen and oxygen atoms in total. The summed E-state index contributed by atoms with van der Waals surface area (Å²) >= 11 is 0. The number of hydrogen-bond acceptors (Lipinski definition) is 4. The van der Waals surface area contributed by atoms with Gasteiger partial charge in [0.1, 0.15) is 5.69 Å². The van der Waals surface area contributed by atoms with Crippen molar-refractivity contribution in [2.45, 2.75) is 0 Å². The van der Waals surface area contributed by atoms with Crippen LogP contribution in [0.4, 0.5) is 0 Å². The molecule has 0 aliphatic rings. The number of carbonyl (C=O) groups is 2. The molecule has 0 saturated carbocycles. The molecule has 16 heavy (non-hydrogen) atoms. The smallest absolute Gasteiger partial charge is 0.354 e. The van der Waals surface area contributed by atoms with Crippen LogP contribution in [-0.2, 0) is 0 Å². The van der Waals surface area contributed by atoms with Crippen molar-refractivity contribution in [3.8, 4) is 5.82 Å². The first-order chi connectivity index (χ1) is 7.70. The Morgan fingerprint density at radius 1 is 1.38 bits per heavy atom. The SMILES string of the molecule is O=Cc1ccn(-c2cccc(C(=O)O)n2)n1. The van der Waals surface area contributed by atoms with Crippen LogP contribution in [0.1, 0.15) is 21.0 Å². The molecule has 0 fully saturated rings. The first-order valence-corrected chi connectivity index (χ1v) is 4.42. The Hall–Kier alpha value is -2.50. The largest absolute Gasteiger partial charge is 0.477 e. The molecule has 80 valence electrons. The van der Waals surface area contributed by atoms with E-state index in [0.29, 0.717) is 12.1 Å². The van der Waals surface area contributed by atoms with E-state index >= 15 is 0 Å². The average Bonchev–Trinajstić information content (AvgIpc) is 2.77. The molecule has 2 aromatic heterocycles. The highest BCUT2D eigenvalue weighted by atomic mass is 16.4. The second-order valence-electron chi connectivity index (χ2n) is 2.99. The van der Waals surface area contributed by atoms with Crippen LogP contribution in [0.5, 0.6) is 0 Å². The molecule has 2 aromatic rings. The van der Waals surface area contributed by atoms with E-state index in [0.717, 1.165) is 0 Å². The number of carboxylic acids is 1. The fourth-order valence-corrected chi connectivity index (χ4v) is 1.20. The van der Waals surface area contributed by atoms with Crippen molar-refractivity contribution in [1.82, 2.24) is 14.8 Å². The Balaban J connectivity index is 2.43. The minimum absolute atomic E-state index is 0.0688. The minimum Gasteiger partial charge on any atom is -0.477 e. The van der Waals surface area contributed by atoms with E-state index in [2.05, 4.69) is 10.1 Å². The van der Waals surface area contributed by atoms with E-state index in [-0.39, 0.29) is 11.4 Å². The number of aldehydes is 1. The maximum Gasteiger partial charge on any atom is 0.354 e. The second-order valence-corrected chi connectivity index (χ2v) is 2.99. The van der Waals surface area contributed by atoms with Gasteiger partial charge in [-0.05, 0) is 18.2 Å². The highest BCUT2D eigenvalue weighted by Crippen LogP contribution is 2.05. The van der Waals surface area contributed by atoms with E-state index in [1.807, 2.05) is 0 Å². The van der Waals surface area contributed by atoms with Crippen molar-refractivity contribution < 1.29 is 14.7 Å². The van der Waals surface area contributed by atoms with Gasteiger partial charge in [-0.1, -0.05) is 6.07 Å². The van der Waals surface area contributed by atoms with Gasteiger partial charge in [0.15, 0.2) is 17.8 Å². The Bertz CT molecular complexity index is 548. The molecular formula is C10H7N3O3. The summed E-state index contributed by atoms with van der Waals surface area (Å²) in [6, 6.07) is 6.07. The molecule has 0 atom stereocenters. The van der Waals surface area contributed by atoms with Crippen molar-refractivity contribution in [2.24, 2.45) is 0 Å². The van der Waals surface area contributed by atoms with Crippen LogP contribution in [0.15, 0.2) is 30.5 Å². The van der Waals surface area contributed by atoms with Gasteiger partial charge in [-0.25, -0.2) is 14.5 Å². The van der Waals surface area contributed by atoms with Gasteiger partial charge in [0.05, 0.1) is 0 Å². The van der Waals surface area contributed by atoms with Crippen LogP contribution in [-0.4, -0.2) is 32.1 Å². The number of rotatable bonds is 3. The van der Waals surface area contributed by atoms with Crippen LogP contribution in [0.2, 0.25) is 0 Å². The quantitative estimate of drug-likeness (QED) is 0.768. The topological polar surface area (TPSA) is 85.1 Å². The summed E-state index contributed by atoms with van der Waals surface area (Å²) in [5.41, 5.74) is 0.197. The number of carbonyl (C=O) groups excluding carboxylic acids is 1. The predicted octanol–water partition coefficient (Wildman–Crippen LogP) is 0.778. The van der Waals surface area contributed by atoms with Crippen molar-refractivity contribution in [2.75, 3.05) is 0 Å². The van der Waals surface area contributed by atoms with Crippen molar-refractivity contribution in [3.63, 3.8) is 0 Å². The van der Waals surface area contributed by atoms with Gasteiger partial charge in [-0.3, -0.25) is 4.79 Å². The molecule has 0 amide bonds. The minimum atomic E-state index is -1.11. The lowest BCUT2D eigenvalue weighted by Gasteiger charge is -2.00. The molecule has 2 rings (SSSR count). The summed E-state index contributed by atoms with van der Waals surface area (Å²) in [5, 5.41) is 12.7. The number of carboxylic acid groups (broad SMARTS) is 1. The molecule has 0 saturated heterocycles. The molecular weight excluding hydrogens is 210 g/mol. The summed E-state index contributed by atoms with van der Waals surface area (Å²) < 4.78 is 1.34. The maximum atomic E-state index is 10.7. The highest BCUT2D eigenvalue weighted by molar-refractivity contribution is 5.85. The van der Waals surface area contributed by atoms with E-state index in [9.17, 15) is 9.59 Å². The van der Waals surface area contributed by atoms with Crippen molar-refractivity contribution in [1.29, 1.82) is 0 Å². The number of aromatic carboxylic acids is 1. The lowest BCUT2D eigenvalue weighted by atomic mass is 10.3. The molecule has 2 heterocycles. The first kappa shape index (κ1) is 10.0. The van der Waals surface area contributed by atoms with Crippen LogP contribution in [0.25, 0.3) is 5.82 Å². The molecule has 0 aliphatic carbocycles. The molecule has 0 spiro atoms. The van der Waals surface area contributed by atoms with E-state index < -0.39 is 5.97 Å². The summed E-state index contributed by atoms with van der Waals surface area (Å²) in [6.45, 7) is 0. The zero-order chi connectivity index (χ0) is 11.5. The third kappa shape index (κ3) is 1.81. The fourth-order valence-electron chi connectivity index (χ4n) is 1.20. The van der Waals surface area contributed by atoms with Gasteiger partial charge < -0.3 is 5.11 Å². The first-order valence-electron chi connectivity index (χ1n) is 4.42. The Kier molecular flexibility index (Phi) is 2.47. The normalized spacial score (nSPS) is 10.0. The molecule has 1 N–H and O–H groups in total. The highest BCUT2D eigenvalue weighted by Gasteiger charge is 2.07. The van der Waals surface area contributed by atoms with E-state index in [1.165, 1.54) is 23.0 Å². The zero-order valence-corrected chi connectivity index (χ0v) is 8.07. The Labute approximate surface area is 90.2 Å². The summed E-state index contributed by atoms with van der Waals surface area (Å²) in [5.74, 6) is -0.752. The van der Waals surface area contributed by atoms with Crippen molar-refractivity contribution in [3.05, 3.63) is 41.9 Å². The van der Waals surface area contributed by atoms with Crippen LogP contribution < -0.4 is 0 Å². The van der Waals surface area contributed by atoms with Gasteiger partial charge in [-0.2, -0.15) is 5.10 Å². The lowest BCUT2D eigenvalue weighted by Crippen LogP contribution is -2.05. The number of hydrogen-bond donors (Lipinski definition) is 1. The Morgan fingerprint density at radius 2 is 2.19 bits per heavy atom. The monoisotopic (exact) mass is 217 g/mol. The standard InChI is InChI=1S/C10H7N3O3/c14-6-7-4-5-13(12-7)9-3-1-2-8(11-9)10(15)16/h1-6H,(H,15,16). The molecule has 0 unspecified atom stereocenters. The fraction of sp³-hybridized carbons (Fsp3) is 0.